The van der Waals surface area contributed by atoms with Crippen LogP contribution in [0, 0.1) is 12.3 Å². The van der Waals surface area contributed by atoms with Crippen molar-refractivity contribution in [3.63, 3.8) is 0 Å². The maximum atomic E-state index is 14.1. The Balaban J connectivity index is 0.912. The third-order valence-corrected chi connectivity index (χ3v) is 13.8. The summed E-state index contributed by atoms with van der Waals surface area (Å²) in [5.41, 5.74) is 18.4. The van der Waals surface area contributed by atoms with Crippen LogP contribution in [0.3, 0.4) is 0 Å². The number of hydrogen-bond donors (Lipinski definition) is 6. The number of aromatic nitrogens is 1. The fourth-order valence-corrected chi connectivity index (χ4v) is 9.92. The van der Waals surface area contributed by atoms with Gasteiger partial charge in [-0.05, 0) is 80.0 Å². The standard InChI is InChI=1S/C50H68N8O8S/c1-30(32-16-18-34(19-17-32)44-31(2)53-29-67-44)54-46(62)39-26-37(59)27-57(39)49(65)45(50(3,4)5)56-42(61)15-10-8-6-7-9-11-24-66-28-36(21-23-41(52)60)55-47(63)40-25-35-14-12-13-33-20-22-38(51)48(64)58(40)43(33)35/h9,11-14,16-19,29-30,36-40,45,59H,6-8,10,15,20-28,51H2,1-5H3,(H2,52,60)(H,54,62)(H,55,63)(H,56,61)/b11-9-/t30-,36-,37+,38-,39-,40-,45+/m0/s1. The molecule has 0 unspecified atom stereocenters. The number of primary amides is 1. The molecule has 0 bridgehead atoms. The smallest absolute Gasteiger partial charge is 0.246 e. The van der Waals surface area contributed by atoms with Crippen molar-refractivity contribution in [3.8, 4) is 10.4 Å². The van der Waals surface area contributed by atoms with Crippen molar-refractivity contribution in [3.05, 3.63) is 82.5 Å². The topological polar surface area (TPSA) is 239 Å². The average molecular weight is 941 g/mol. The number of allylic oxidation sites excluding steroid dienone is 1. The van der Waals surface area contributed by atoms with E-state index in [4.69, 9.17) is 16.2 Å². The minimum absolute atomic E-state index is 0.00365. The molecule has 3 aliphatic heterocycles. The fourth-order valence-electron chi connectivity index (χ4n) is 9.11. The number of carbonyl (C=O) groups excluding carboxylic acids is 6. The largest absolute Gasteiger partial charge is 0.391 e. The van der Waals surface area contributed by atoms with E-state index in [0.717, 1.165) is 57.8 Å². The third-order valence-electron chi connectivity index (χ3n) is 12.9. The molecule has 67 heavy (non-hydrogen) atoms. The zero-order valence-corrected chi connectivity index (χ0v) is 40.2. The highest BCUT2D eigenvalue weighted by atomic mass is 32.1. The quantitative estimate of drug-likeness (QED) is 0.0654. The number of para-hydroxylation sites is 1. The number of thiazole rings is 1. The van der Waals surface area contributed by atoms with Crippen molar-refractivity contribution >= 4 is 52.5 Å². The van der Waals surface area contributed by atoms with Crippen LogP contribution in [-0.2, 0) is 46.3 Å². The van der Waals surface area contributed by atoms with Gasteiger partial charge in [-0.1, -0.05) is 81.8 Å². The van der Waals surface area contributed by atoms with Gasteiger partial charge < -0.3 is 42.2 Å². The van der Waals surface area contributed by atoms with E-state index in [9.17, 15) is 33.9 Å². The molecular weight excluding hydrogens is 873 g/mol. The summed E-state index contributed by atoms with van der Waals surface area (Å²) in [5.74, 6) is -2.12. The SMILES string of the molecule is Cc1ncsc1-c1ccc([C@H](C)NC(=O)[C@@H]2C[C@@H](O)CN2C(=O)[C@@H](NC(=O)CCCCC/C=C\COC[C@H](CCC(N)=O)NC(=O)[C@@H]2Cc3cccc4c3N2C(=O)[C@@H](N)CC4)C(C)(C)C)cc1. The lowest BCUT2D eigenvalue weighted by atomic mass is 9.85. The summed E-state index contributed by atoms with van der Waals surface area (Å²) in [6.45, 7) is 9.86. The first-order valence-electron chi connectivity index (χ1n) is 23.5. The molecule has 0 radical (unpaired) electrons. The summed E-state index contributed by atoms with van der Waals surface area (Å²) >= 11 is 1.57. The molecule has 1 saturated heterocycles. The van der Waals surface area contributed by atoms with Gasteiger partial charge in [0.15, 0.2) is 0 Å². The van der Waals surface area contributed by atoms with Gasteiger partial charge in [0.25, 0.3) is 0 Å². The molecule has 0 spiro atoms. The van der Waals surface area contributed by atoms with Gasteiger partial charge in [0.1, 0.15) is 18.1 Å². The van der Waals surface area contributed by atoms with Gasteiger partial charge in [-0.15, -0.1) is 11.3 Å². The van der Waals surface area contributed by atoms with Gasteiger partial charge in [-0.3, -0.25) is 33.7 Å². The zero-order valence-electron chi connectivity index (χ0n) is 39.4. The number of nitrogens with zero attached hydrogens (tertiary/aromatic N) is 3. The average Bonchev–Trinajstić information content (AvgIpc) is 4.00. The van der Waals surface area contributed by atoms with Gasteiger partial charge in [0, 0.05) is 32.2 Å². The van der Waals surface area contributed by atoms with Crippen LogP contribution in [0.25, 0.3) is 10.4 Å². The number of nitrogens with one attached hydrogen (secondary N) is 3. The molecule has 0 aliphatic carbocycles. The molecule has 17 heteroatoms. The molecule has 2 aromatic carbocycles. The summed E-state index contributed by atoms with van der Waals surface area (Å²) in [6, 6.07) is 9.70. The molecule has 6 rings (SSSR count). The fraction of sp³-hybridized carbons (Fsp3) is 0.540. The maximum absolute atomic E-state index is 14.1. The second-order valence-corrected chi connectivity index (χ2v) is 20.1. The summed E-state index contributed by atoms with van der Waals surface area (Å²) in [5, 5.41) is 19.6. The van der Waals surface area contributed by atoms with Gasteiger partial charge in [0.05, 0.1) is 59.2 Å². The van der Waals surface area contributed by atoms with Gasteiger partial charge >= 0.3 is 0 Å². The molecule has 1 fully saturated rings. The van der Waals surface area contributed by atoms with Crippen molar-refractivity contribution < 1.29 is 38.6 Å². The number of benzene rings is 2. The molecule has 3 aromatic rings. The van der Waals surface area contributed by atoms with Crippen molar-refractivity contribution in [1.82, 2.24) is 25.8 Å². The Morgan fingerprint density at radius 3 is 2.40 bits per heavy atom. The second-order valence-electron chi connectivity index (χ2n) is 19.2. The molecule has 4 heterocycles. The zero-order chi connectivity index (χ0) is 48.4. The van der Waals surface area contributed by atoms with Crippen molar-refractivity contribution in [2.24, 2.45) is 16.9 Å². The summed E-state index contributed by atoms with van der Waals surface area (Å²) in [6.07, 6.45) is 8.18. The molecule has 8 N–H and O–H groups in total. The van der Waals surface area contributed by atoms with Crippen LogP contribution in [0.2, 0.25) is 0 Å². The number of aliphatic hydroxyl groups is 1. The molecule has 7 atom stereocenters. The number of likely N-dealkylation sites (tertiary alicyclic amines) is 1. The minimum atomic E-state index is -0.905. The van der Waals surface area contributed by atoms with Crippen molar-refractivity contribution in [1.29, 1.82) is 0 Å². The third kappa shape index (κ3) is 13.2. The monoisotopic (exact) mass is 940 g/mol. The van der Waals surface area contributed by atoms with E-state index in [-0.39, 0.29) is 75.1 Å². The first-order chi connectivity index (χ1) is 31.9. The van der Waals surface area contributed by atoms with E-state index in [1.807, 2.05) is 94.7 Å². The Morgan fingerprint density at radius 2 is 1.70 bits per heavy atom. The summed E-state index contributed by atoms with van der Waals surface area (Å²) < 4.78 is 5.88. The number of unbranched alkanes of at least 4 members (excludes halogenated alkanes) is 3. The highest BCUT2D eigenvalue weighted by Gasteiger charge is 2.45. The maximum Gasteiger partial charge on any atom is 0.246 e. The second kappa shape index (κ2) is 23.0. The van der Waals surface area contributed by atoms with Crippen LogP contribution in [0.5, 0.6) is 0 Å². The molecule has 1 aromatic heterocycles. The Morgan fingerprint density at radius 1 is 0.970 bits per heavy atom. The Bertz CT molecular complexity index is 2270. The van der Waals surface area contributed by atoms with Gasteiger partial charge in [-0.25, -0.2) is 4.98 Å². The predicted octanol–water partition coefficient (Wildman–Crippen LogP) is 4.29. The van der Waals surface area contributed by atoms with Crippen LogP contribution in [-0.4, -0.2) is 107 Å². The first kappa shape index (κ1) is 50.9. The number of aryl methyl sites for hydroxylation is 2. The first-order valence-corrected chi connectivity index (χ1v) is 24.4. The number of carbonyl (C=O) groups is 6. The van der Waals surface area contributed by atoms with E-state index in [1.54, 1.807) is 16.2 Å². The van der Waals surface area contributed by atoms with Gasteiger partial charge in [-0.2, -0.15) is 0 Å². The number of aliphatic hydroxyl groups excluding tert-OH is 1. The Labute approximate surface area is 397 Å². The van der Waals surface area contributed by atoms with Crippen LogP contribution in [0.4, 0.5) is 5.69 Å². The normalized spacial score (nSPS) is 20.6. The lowest BCUT2D eigenvalue weighted by Crippen LogP contribution is -2.57. The molecular formula is C50H68N8O8S. The van der Waals surface area contributed by atoms with Crippen molar-refractivity contribution in [2.75, 3.05) is 24.7 Å². The highest BCUT2D eigenvalue weighted by Crippen LogP contribution is 2.39. The van der Waals surface area contributed by atoms with Crippen LogP contribution < -0.4 is 32.3 Å². The molecule has 3 aliphatic rings. The number of rotatable bonds is 21. The van der Waals surface area contributed by atoms with E-state index < -0.39 is 53.5 Å². The predicted molar refractivity (Wildman–Crippen MR) is 257 cm³/mol. The van der Waals surface area contributed by atoms with E-state index in [0.29, 0.717) is 25.7 Å². The van der Waals surface area contributed by atoms with E-state index >= 15 is 0 Å². The number of β-amino-alcohol motifs (C(OH)–C–C–N with tert-alkyl or cyclic N) is 1. The van der Waals surface area contributed by atoms with Crippen LogP contribution in [0.15, 0.2) is 60.1 Å². The van der Waals surface area contributed by atoms with Crippen molar-refractivity contribution in [2.45, 2.75) is 148 Å². The van der Waals surface area contributed by atoms with Crippen LogP contribution >= 0.6 is 11.3 Å². The molecule has 16 nitrogen and oxygen atoms in total. The van der Waals surface area contributed by atoms with Gasteiger partial charge in [0.2, 0.25) is 35.4 Å². The summed E-state index contributed by atoms with van der Waals surface area (Å²) in [4.78, 5) is 88.0. The van der Waals surface area contributed by atoms with E-state index in [1.165, 1.54) is 4.90 Å². The Hall–Kier alpha value is -5.49. The molecule has 0 saturated carbocycles. The Kier molecular flexibility index (Phi) is 17.5. The molecule has 362 valence electrons. The highest BCUT2D eigenvalue weighted by molar-refractivity contribution is 7.13. The number of amides is 6. The number of nitrogens with two attached hydrogens (primary N) is 2. The summed E-state index contributed by atoms with van der Waals surface area (Å²) in [7, 11) is 0. The minimum Gasteiger partial charge on any atom is -0.391 e. The lowest BCUT2D eigenvalue weighted by Gasteiger charge is -2.35. The van der Waals surface area contributed by atoms with Crippen LogP contribution in [0.1, 0.15) is 114 Å². The van der Waals surface area contributed by atoms with E-state index in [2.05, 4.69) is 20.9 Å². The number of ether oxygens (including phenoxy) is 1. The lowest BCUT2D eigenvalue weighted by molar-refractivity contribution is -0.144. The number of hydrogen-bond acceptors (Lipinski definition) is 11. The molecule has 6 amide bonds. The number of anilines is 1.